The maximum absolute atomic E-state index is 14.1. The van der Waals surface area contributed by atoms with Crippen LogP contribution in [0.3, 0.4) is 0 Å². The molecule has 192 valence electrons. The van der Waals surface area contributed by atoms with Gasteiger partial charge in [0.05, 0.1) is 22.6 Å². The van der Waals surface area contributed by atoms with Crippen LogP contribution in [0.25, 0.3) is 16.6 Å². The van der Waals surface area contributed by atoms with E-state index in [-0.39, 0.29) is 17.5 Å². The van der Waals surface area contributed by atoms with E-state index >= 15 is 0 Å². The summed E-state index contributed by atoms with van der Waals surface area (Å²) in [7, 11) is 0. The van der Waals surface area contributed by atoms with Crippen LogP contribution in [0, 0.1) is 26.7 Å². The minimum absolute atomic E-state index is 0.0281. The standard InChI is InChI=1S/C32H37N3O2/c1-7-29(34(19-18-21(2)3)31(36)26-13-9-8-12-23(26)5)30-33-28-15-11-10-14-27(28)32(37)35(30)25-17-16-22(4)24(6)20-25/h8-17,20-21,29H,7,18-19H2,1-6H3. The second-order valence-electron chi connectivity index (χ2n) is 10.3. The van der Waals surface area contributed by atoms with Crippen LogP contribution < -0.4 is 5.56 Å². The summed E-state index contributed by atoms with van der Waals surface area (Å²) in [5.41, 5.74) is 5.19. The Labute approximate surface area is 219 Å². The third-order valence-electron chi connectivity index (χ3n) is 7.19. The molecule has 1 unspecified atom stereocenters. The van der Waals surface area contributed by atoms with Gasteiger partial charge in [-0.3, -0.25) is 14.2 Å². The van der Waals surface area contributed by atoms with Crippen LogP contribution in [0.5, 0.6) is 0 Å². The van der Waals surface area contributed by atoms with Crippen LogP contribution in [0.2, 0.25) is 0 Å². The number of benzene rings is 3. The Morgan fingerprint density at radius 3 is 2.30 bits per heavy atom. The van der Waals surface area contributed by atoms with Crippen LogP contribution in [0.4, 0.5) is 0 Å². The Morgan fingerprint density at radius 2 is 1.62 bits per heavy atom. The van der Waals surface area contributed by atoms with Gasteiger partial charge in [0.15, 0.2) is 0 Å². The molecular formula is C32H37N3O2. The van der Waals surface area contributed by atoms with Crippen LogP contribution in [0.15, 0.2) is 71.5 Å². The molecule has 0 aliphatic rings. The number of aryl methyl sites for hydroxylation is 3. The third-order valence-corrected chi connectivity index (χ3v) is 7.19. The Kier molecular flexibility index (Phi) is 7.91. The summed E-state index contributed by atoms with van der Waals surface area (Å²) in [6.07, 6.45) is 1.49. The number of aromatic nitrogens is 2. The van der Waals surface area contributed by atoms with Gasteiger partial charge in [0.1, 0.15) is 5.82 Å². The molecule has 0 bridgehead atoms. The monoisotopic (exact) mass is 495 g/mol. The summed E-state index contributed by atoms with van der Waals surface area (Å²) in [6, 6.07) is 20.8. The molecule has 0 saturated heterocycles. The zero-order valence-electron chi connectivity index (χ0n) is 22.8. The lowest BCUT2D eigenvalue weighted by Crippen LogP contribution is -2.39. The molecule has 5 heteroatoms. The van der Waals surface area contributed by atoms with E-state index in [2.05, 4.69) is 27.7 Å². The van der Waals surface area contributed by atoms with E-state index in [0.717, 1.165) is 28.8 Å². The fraction of sp³-hybridized carbons (Fsp3) is 0.344. The summed E-state index contributed by atoms with van der Waals surface area (Å²) in [6.45, 7) is 13.0. The van der Waals surface area contributed by atoms with E-state index in [1.165, 1.54) is 0 Å². The van der Waals surface area contributed by atoms with E-state index in [4.69, 9.17) is 4.98 Å². The van der Waals surface area contributed by atoms with Crippen molar-refractivity contribution in [2.24, 2.45) is 5.92 Å². The number of fused-ring (bicyclic) bond motifs is 1. The van der Waals surface area contributed by atoms with Gasteiger partial charge in [0.25, 0.3) is 11.5 Å². The number of rotatable bonds is 8. The van der Waals surface area contributed by atoms with Gasteiger partial charge in [0.2, 0.25) is 0 Å². The number of carbonyl (C=O) groups excluding carboxylic acids is 1. The summed E-state index contributed by atoms with van der Waals surface area (Å²) in [4.78, 5) is 35.0. The van der Waals surface area contributed by atoms with Gasteiger partial charge < -0.3 is 4.90 Å². The molecule has 4 rings (SSSR count). The van der Waals surface area contributed by atoms with Crippen molar-refractivity contribution >= 4 is 16.8 Å². The van der Waals surface area contributed by atoms with Gasteiger partial charge in [-0.15, -0.1) is 0 Å². The molecule has 0 radical (unpaired) electrons. The maximum Gasteiger partial charge on any atom is 0.266 e. The average molecular weight is 496 g/mol. The maximum atomic E-state index is 14.1. The van der Waals surface area contributed by atoms with Gasteiger partial charge in [-0.1, -0.05) is 57.2 Å². The molecule has 37 heavy (non-hydrogen) atoms. The first-order valence-corrected chi connectivity index (χ1v) is 13.2. The SMILES string of the molecule is CCC(c1nc2ccccc2c(=O)n1-c1ccc(C)c(C)c1)N(CCC(C)C)C(=O)c1ccccc1C. The summed E-state index contributed by atoms with van der Waals surface area (Å²) in [5, 5.41) is 0.568. The molecule has 1 atom stereocenters. The van der Waals surface area contributed by atoms with Crippen LogP contribution in [-0.4, -0.2) is 26.9 Å². The van der Waals surface area contributed by atoms with Crippen molar-refractivity contribution in [1.82, 2.24) is 14.5 Å². The predicted molar refractivity (Wildman–Crippen MR) is 152 cm³/mol. The van der Waals surface area contributed by atoms with Crippen molar-refractivity contribution in [2.75, 3.05) is 6.54 Å². The van der Waals surface area contributed by atoms with Crippen molar-refractivity contribution in [3.8, 4) is 5.69 Å². The molecule has 4 aromatic rings. The predicted octanol–water partition coefficient (Wildman–Crippen LogP) is 6.95. The molecular weight excluding hydrogens is 458 g/mol. The second kappa shape index (κ2) is 11.1. The molecule has 0 aliphatic heterocycles. The highest BCUT2D eigenvalue weighted by molar-refractivity contribution is 5.96. The quantitative estimate of drug-likeness (QED) is 0.266. The minimum Gasteiger partial charge on any atom is -0.328 e. The smallest absolute Gasteiger partial charge is 0.266 e. The first-order chi connectivity index (χ1) is 17.7. The number of para-hydroxylation sites is 1. The normalized spacial score (nSPS) is 12.2. The number of nitrogens with zero attached hydrogens (tertiary/aromatic N) is 3. The van der Waals surface area contributed by atoms with Gasteiger partial charge >= 0.3 is 0 Å². The highest BCUT2D eigenvalue weighted by atomic mass is 16.2. The topological polar surface area (TPSA) is 55.2 Å². The lowest BCUT2D eigenvalue weighted by atomic mass is 10.0. The van der Waals surface area contributed by atoms with Gasteiger partial charge in [-0.2, -0.15) is 0 Å². The van der Waals surface area contributed by atoms with E-state index in [1.54, 1.807) is 4.57 Å². The van der Waals surface area contributed by atoms with E-state index in [9.17, 15) is 9.59 Å². The molecule has 3 aromatic carbocycles. The van der Waals surface area contributed by atoms with Gasteiger partial charge in [-0.05, 0) is 86.6 Å². The molecule has 0 N–H and O–H groups in total. The lowest BCUT2D eigenvalue weighted by Gasteiger charge is -2.33. The molecule has 0 spiro atoms. The molecule has 0 saturated carbocycles. The molecule has 1 amide bonds. The number of hydrogen-bond acceptors (Lipinski definition) is 3. The van der Waals surface area contributed by atoms with E-state index in [0.29, 0.717) is 41.2 Å². The second-order valence-corrected chi connectivity index (χ2v) is 10.3. The highest BCUT2D eigenvalue weighted by Gasteiger charge is 2.30. The van der Waals surface area contributed by atoms with Gasteiger partial charge in [0, 0.05) is 12.1 Å². The van der Waals surface area contributed by atoms with E-state index < -0.39 is 0 Å². The van der Waals surface area contributed by atoms with Gasteiger partial charge in [-0.25, -0.2) is 4.98 Å². The number of carbonyl (C=O) groups is 1. The fourth-order valence-electron chi connectivity index (χ4n) is 4.79. The molecule has 0 fully saturated rings. The van der Waals surface area contributed by atoms with Crippen LogP contribution in [0.1, 0.15) is 72.5 Å². The molecule has 1 aromatic heterocycles. The Hall–Kier alpha value is -3.73. The Bertz CT molecular complexity index is 1490. The van der Waals surface area contributed by atoms with Crippen molar-refractivity contribution < 1.29 is 4.79 Å². The van der Waals surface area contributed by atoms with Crippen molar-refractivity contribution in [1.29, 1.82) is 0 Å². The summed E-state index contributed by atoms with van der Waals surface area (Å²) >= 11 is 0. The Morgan fingerprint density at radius 1 is 0.919 bits per heavy atom. The third kappa shape index (κ3) is 5.36. The lowest BCUT2D eigenvalue weighted by molar-refractivity contribution is 0.0648. The fourth-order valence-corrected chi connectivity index (χ4v) is 4.79. The molecule has 0 aliphatic carbocycles. The largest absolute Gasteiger partial charge is 0.328 e. The highest BCUT2D eigenvalue weighted by Crippen LogP contribution is 2.29. The summed E-state index contributed by atoms with van der Waals surface area (Å²) < 4.78 is 1.72. The Balaban J connectivity index is 1.97. The van der Waals surface area contributed by atoms with Crippen LogP contribution >= 0.6 is 0 Å². The zero-order chi connectivity index (χ0) is 26.7. The number of amides is 1. The van der Waals surface area contributed by atoms with Crippen LogP contribution in [-0.2, 0) is 0 Å². The minimum atomic E-state index is -0.371. The average Bonchev–Trinajstić information content (AvgIpc) is 2.88. The zero-order valence-corrected chi connectivity index (χ0v) is 22.8. The molecule has 1 heterocycles. The van der Waals surface area contributed by atoms with Crippen molar-refractivity contribution in [2.45, 2.75) is 60.4 Å². The first kappa shape index (κ1) is 26.3. The van der Waals surface area contributed by atoms with Crippen molar-refractivity contribution in [3.63, 3.8) is 0 Å². The summed E-state index contributed by atoms with van der Waals surface area (Å²) in [5.74, 6) is 0.996. The first-order valence-electron chi connectivity index (χ1n) is 13.2. The van der Waals surface area contributed by atoms with E-state index in [1.807, 2.05) is 85.5 Å². The van der Waals surface area contributed by atoms with Crippen molar-refractivity contribution in [3.05, 3.63) is 105 Å². The number of hydrogen-bond donors (Lipinski definition) is 0. The molecule has 5 nitrogen and oxygen atoms in total.